The molecule has 3 atom stereocenters. The Morgan fingerprint density at radius 3 is 2.90 bits per heavy atom. The zero-order valence-electron chi connectivity index (χ0n) is 12.7. The molecule has 0 aromatic carbocycles. The normalized spacial score (nSPS) is 30.4. The minimum absolute atomic E-state index is 0.572. The fourth-order valence-electron chi connectivity index (χ4n) is 3.70. The van der Waals surface area contributed by atoms with Crippen molar-refractivity contribution in [2.24, 2.45) is 5.92 Å². The smallest absolute Gasteiger partial charge is 0.0925 e. The number of imidazole rings is 1. The number of hydrogen-bond acceptors (Lipinski definition) is 4. The molecule has 0 bridgehead atoms. The lowest BCUT2D eigenvalue weighted by Gasteiger charge is -2.25. The number of hydrogen-bond donors (Lipinski definition) is 3. The second kappa shape index (κ2) is 6.24. The van der Waals surface area contributed by atoms with Gasteiger partial charge >= 0.3 is 0 Å². The number of H-pyrrole nitrogens is 1. The van der Waals surface area contributed by atoms with Crippen molar-refractivity contribution in [2.75, 3.05) is 13.6 Å². The third-order valence-electron chi connectivity index (χ3n) is 4.90. The first-order valence-electron chi connectivity index (χ1n) is 7.92. The molecule has 3 unspecified atom stereocenters. The summed E-state index contributed by atoms with van der Waals surface area (Å²) in [6, 6.07) is 1.25. The number of nitrogens with one attached hydrogen (secondary N) is 3. The van der Waals surface area contributed by atoms with Crippen molar-refractivity contribution in [1.29, 1.82) is 0 Å². The van der Waals surface area contributed by atoms with Gasteiger partial charge in [0.1, 0.15) is 0 Å². The van der Waals surface area contributed by atoms with Gasteiger partial charge in [0.15, 0.2) is 0 Å². The molecular weight excluding hydrogens is 250 g/mol. The summed E-state index contributed by atoms with van der Waals surface area (Å²) in [5.41, 5.74) is 9.40. The van der Waals surface area contributed by atoms with Crippen molar-refractivity contribution in [3.8, 4) is 0 Å². The SMILES string of the molecule is Cc1[nH]cnc1CN(C)CC1NNC2CCCCCC21. The van der Waals surface area contributed by atoms with Crippen LogP contribution in [0.1, 0.15) is 43.5 Å². The average Bonchev–Trinajstić information content (AvgIpc) is 2.90. The standard InChI is InChI=1S/C15H27N5/c1-11-14(17-10-16-11)8-20(2)9-15-12-6-4-3-5-7-13(12)18-19-15/h10,12-13,15,18-19H,3-9H2,1-2H3,(H,16,17). The lowest BCUT2D eigenvalue weighted by atomic mass is 9.90. The molecule has 112 valence electrons. The van der Waals surface area contributed by atoms with Crippen LogP contribution in [0.2, 0.25) is 0 Å². The summed E-state index contributed by atoms with van der Waals surface area (Å²) in [6.45, 7) is 4.10. The first-order chi connectivity index (χ1) is 9.74. The van der Waals surface area contributed by atoms with E-state index in [1.807, 2.05) is 0 Å². The molecule has 1 saturated carbocycles. The predicted octanol–water partition coefficient (Wildman–Crippen LogP) is 1.58. The third kappa shape index (κ3) is 3.05. The number of nitrogens with zero attached hydrogens (tertiary/aromatic N) is 2. The molecule has 3 N–H and O–H groups in total. The molecule has 0 radical (unpaired) electrons. The van der Waals surface area contributed by atoms with E-state index in [9.17, 15) is 0 Å². The number of likely N-dealkylation sites (N-methyl/N-ethyl adjacent to an activating group) is 1. The van der Waals surface area contributed by atoms with E-state index in [1.165, 1.54) is 37.8 Å². The minimum atomic E-state index is 0.572. The first kappa shape index (κ1) is 14.0. The Labute approximate surface area is 121 Å². The van der Waals surface area contributed by atoms with E-state index in [0.717, 1.165) is 24.7 Å². The number of aromatic nitrogens is 2. The fourth-order valence-corrected chi connectivity index (χ4v) is 3.70. The second-order valence-corrected chi connectivity index (χ2v) is 6.47. The molecule has 1 aromatic heterocycles. The lowest BCUT2D eigenvalue weighted by molar-refractivity contribution is 0.253. The Balaban J connectivity index is 1.56. The summed E-state index contributed by atoms with van der Waals surface area (Å²) < 4.78 is 0. The van der Waals surface area contributed by atoms with Gasteiger partial charge in [-0.2, -0.15) is 0 Å². The van der Waals surface area contributed by atoms with E-state index < -0.39 is 0 Å². The number of rotatable bonds is 4. The van der Waals surface area contributed by atoms with Crippen LogP contribution in [0.25, 0.3) is 0 Å². The maximum absolute atomic E-state index is 4.39. The molecule has 1 saturated heterocycles. The highest BCUT2D eigenvalue weighted by Crippen LogP contribution is 2.29. The quantitative estimate of drug-likeness (QED) is 0.782. The van der Waals surface area contributed by atoms with Gasteiger partial charge in [-0.25, -0.2) is 4.98 Å². The van der Waals surface area contributed by atoms with E-state index in [-0.39, 0.29) is 0 Å². The maximum Gasteiger partial charge on any atom is 0.0925 e. The largest absolute Gasteiger partial charge is 0.348 e. The van der Waals surface area contributed by atoms with Crippen LogP contribution >= 0.6 is 0 Å². The van der Waals surface area contributed by atoms with Gasteiger partial charge < -0.3 is 4.98 Å². The highest BCUT2D eigenvalue weighted by atomic mass is 15.4. The molecule has 0 spiro atoms. The summed E-state index contributed by atoms with van der Waals surface area (Å²) in [7, 11) is 2.19. The fraction of sp³-hybridized carbons (Fsp3) is 0.800. The molecule has 1 aromatic rings. The van der Waals surface area contributed by atoms with Crippen molar-refractivity contribution in [1.82, 2.24) is 25.7 Å². The van der Waals surface area contributed by atoms with Crippen LogP contribution < -0.4 is 10.9 Å². The van der Waals surface area contributed by atoms with E-state index in [0.29, 0.717) is 12.1 Å². The summed E-state index contributed by atoms with van der Waals surface area (Å²) in [5, 5.41) is 0. The van der Waals surface area contributed by atoms with Crippen LogP contribution in [-0.4, -0.2) is 40.5 Å². The Morgan fingerprint density at radius 2 is 2.10 bits per heavy atom. The van der Waals surface area contributed by atoms with Crippen LogP contribution in [0.4, 0.5) is 0 Å². The lowest BCUT2D eigenvalue weighted by Crippen LogP contribution is -2.41. The van der Waals surface area contributed by atoms with Gasteiger partial charge in [-0.15, -0.1) is 0 Å². The topological polar surface area (TPSA) is 56.0 Å². The zero-order chi connectivity index (χ0) is 13.9. The molecule has 1 aliphatic carbocycles. The van der Waals surface area contributed by atoms with Crippen molar-refractivity contribution >= 4 is 0 Å². The molecule has 2 fully saturated rings. The van der Waals surface area contributed by atoms with Gasteiger partial charge in [0.2, 0.25) is 0 Å². The van der Waals surface area contributed by atoms with Gasteiger partial charge in [-0.1, -0.05) is 19.3 Å². The Hall–Kier alpha value is -0.910. The van der Waals surface area contributed by atoms with Crippen LogP contribution in [0.5, 0.6) is 0 Å². The average molecular weight is 277 g/mol. The number of aromatic amines is 1. The molecule has 0 amide bonds. The predicted molar refractivity (Wildman–Crippen MR) is 80.1 cm³/mol. The molecule has 5 nitrogen and oxygen atoms in total. The molecule has 2 aliphatic rings. The highest BCUT2D eigenvalue weighted by Gasteiger charge is 2.36. The molecule has 5 heteroatoms. The first-order valence-corrected chi connectivity index (χ1v) is 7.92. The summed E-state index contributed by atoms with van der Waals surface area (Å²) >= 11 is 0. The minimum Gasteiger partial charge on any atom is -0.348 e. The summed E-state index contributed by atoms with van der Waals surface area (Å²) in [6.07, 6.45) is 8.66. The summed E-state index contributed by atoms with van der Waals surface area (Å²) in [5.74, 6) is 0.792. The molecular formula is C15H27N5. The monoisotopic (exact) mass is 277 g/mol. The van der Waals surface area contributed by atoms with Crippen LogP contribution in [0, 0.1) is 12.8 Å². The maximum atomic E-state index is 4.39. The third-order valence-corrected chi connectivity index (χ3v) is 4.90. The van der Waals surface area contributed by atoms with Crippen LogP contribution in [0.3, 0.4) is 0 Å². The van der Waals surface area contributed by atoms with E-state index >= 15 is 0 Å². The van der Waals surface area contributed by atoms with Gasteiger partial charge in [0.25, 0.3) is 0 Å². The second-order valence-electron chi connectivity index (χ2n) is 6.47. The number of aryl methyl sites for hydroxylation is 1. The Morgan fingerprint density at radius 1 is 1.25 bits per heavy atom. The summed E-state index contributed by atoms with van der Waals surface area (Å²) in [4.78, 5) is 9.93. The zero-order valence-corrected chi connectivity index (χ0v) is 12.7. The Kier molecular flexibility index (Phi) is 4.38. The van der Waals surface area contributed by atoms with Gasteiger partial charge in [-0.05, 0) is 32.7 Å². The van der Waals surface area contributed by atoms with Crippen molar-refractivity contribution in [2.45, 2.75) is 57.7 Å². The van der Waals surface area contributed by atoms with Crippen molar-refractivity contribution in [3.05, 3.63) is 17.7 Å². The Bertz CT molecular complexity index is 430. The van der Waals surface area contributed by atoms with Crippen molar-refractivity contribution < 1.29 is 0 Å². The van der Waals surface area contributed by atoms with Crippen molar-refractivity contribution in [3.63, 3.8) is 0 Å². The molecule has 20 heavy (non-hydrogen) atoms. The van der Waals surface area contributed by atoms with Gasteiger partial charge in [0, 0.05) is 30.9 Å². The van der Waals surface area contributed by atoms with Gasteiger partial charge in [-0.3, -0.25) is 15.8 Å². The highest BCUT2D eigenvalue weighted by molar-refractivity contribution is 5.08. The van der Waals surface area contributed by atoms with E-state index in [1.54, 1.807) is 6.33 Å². The molecule has 1 aliphatic heterocycles. The van der Waals surface area contributed by atoms with E-state index in [2.05, 4.69) is 39.7 Å². The number of fused-ring (bicyclic) bond motifs is 1. The van der Waals surface area contributed by atoms with Crippen LogP contribution in [-0.2, 0) is 6.54 Å². The molecule has 2 heterocycles. The number of hydrazine groups is 1. The van der Waals surface area contributed by atoms with Crippen LogP contribution in [0.15, 0.2) is 6.33 Å². The van der Waals surface area contributed by atoms with Gasteiger partial charge in [0.05, 0.1) is 12.0 Å². The molecule has 3 rings (SSSR count). The van der Waals surface area contributed by atoms with E-state index in [4.69, 9.17) is 0 Å².